The van der Waals surface area contributed by atoms with E-state index in [2.05, 4.69) is 9.97 Å². The van der Waals surface area contributed by atoms with Crippen molar-refractivity contribution in [2.45, 2.75) is 51.7 Å². The van der Waals surface area contributed by atoms with Gasteiger partial charge in [0.2, 0.25) is 5.28 Å². The summed E-state index contributed by atoms with van der Waals surface area (Å²) in [5.74, 6) is 0.750. The van der Waals surface area contributed by atoms with E-state index in [4.69, 9.17) is 16.3 Å². The Kier molecular flexibility index (Phi) is 5.68. The van der Waals surface area contributed by atoms with E-state index in [1.807, 2.05) is 43.7 Å². The third-order valence-electron chi connectivity index (χ3n) is 3.74. The minimum absolute atomic E-state index is 0.109. The molecule has 1 fully saturated rings. The van der Waals surface area contributed by atoms with E-state index in [0.717, 1.165) is 31.6 Å². The fraction of sp³-hybridized carbons (Fsp3) is 0.688. The molecule has 1 saturated heterocycles. The Morgan fingerprint density at radius 1 is 1.48 bits per heavy atom. The van der Waals surface area contributed by atoms with Gasteiger partial charge in [0.15, 0.2) is 0 Å². The van der Waals surface area contributed by atoms with Gasteiger partial charge in [-0.3, -0.25) is 0 Å². The Labute approximate surface area is 142 Å². The first-order valence-electron chi connectivity index (χ1n) is 7.95. The molecule has 2 heterocycles. The van der Waals surface area contributed by atoms with Gasteiger partial charge < -0.3 is 14.5 Å². The minimum Gasteiger partial charge on any atom is -0.444 e. The number of amides is 1. The molecule has 0 aromatic carbocycles. The number of carbonyl (C=O) groups excluding carboxylic acids is 1. The largest absolute Gasteiger partial charge is 0.444 e. The topological polar surface area (TPSA) is 58.6 Å². The third-order valence-corrected chi connectivity index (χ3v) is 3.92. The van der Waals surface area contributed by atoms with Gasteiger partial charge >= 0.3 is 6.09 Å². The van der Waals surface area contributed by atoms with Crippen LogP contribution in [0.1, 0.15) is 40.0 Å². The Hall–Kier alpha value is -1.56. The van der Waals surface area contributed by atoms with Crippen molar-refractivity contribution in [3.05, 3.63) is 17.5 Å². The standard InChI is InChI=1S/C16H25ClN4O2/c1-16(2,3)23-15(22)21-10-6-5-7-12(21)11-20(4)13-8-9-18-14(17)19-13/h8-9,12H,5-7,10-11H2,1-4H3/t12-/m0/s1. The van der Waals surface area contributed by atoms with Crippen LogP contribution in [0.15, 0.2) is 12.3 Å². The van der Waals surface area contributed by atoms with Crippen molar-refractivity contribution in [2.24, 2.45) is 0 Å². The second-order valence-electron chi connectivity index (χ2n) is 6.89. The normalized spacial score (nSPS) is 18.7. The zero-order valence-electron chi connectivity index (χ0n) is 14.3. The molecule has 0 bridgehead atoms. The summed E-state index contributed by atoms with van der Waals surface area (Å²) >= 11 is 5.85. The zero-order chi connectivity index (χ0) is 17.0. The van der Waals surface area contributed by atoms with Crippen LogP contribution in [0.25, 0.3) is 0 Å². The fourth-order valence-electron chi connectivity index (χ4n) is 2.70. The zero-order valence-corrected chi connectivity index (χ0v) is 15.0. The summed E-state index contributed by atoms with van der Waals surface area (Å²) in [7, 11) is 1.94. The van der Waals surface area contributed by atoms with Gasteiger partial charge in [0, 0.05) is 26.3 Å². The number of likely N-dealkylation sites (tertiary alicyclic amines) is 1. The van der Waals surface area contributed by atoms with Crippen molar-refractivity contribution in [2.75, 3.05) is 25.0 Å². The third kappa shape index (κ3) is 5.23. The minimum atomic E-state index is -0.481. The number of anilines is 1. The van der Waals surface area contributed by atoms with Gasteiger partial charge in [-0.05, 0) is 57.7 Å². The predicted molar refractivity (Wildman–Crippen MR) is 90.9 cm³/mol. The highest BCUT2D eigenvalue weighted by Crippen LogP contribution is 2.22. The predicted octanol–water partition coefficient (Wildman–Crippen LogP) is 3.36. The van der Waals surface area contributed by atoms with E-state index in [1.165, 1.54) is 0 Å². The van der Waals surface area contributed by atoms with Crippen LogP contribution >= 0.6 is 11.6 Å². The summed E-state index contributed by atoms with van der Waals surface area (Å²) in [6, 6.07) is 1.92. The van der Waals surface area contributed by atoms with E-state index < -0.39 is 5.60 Å². The molecule has 0 N–H and O–H groups in total. The van der Waals surface area contributed by atoms with Crippen molar-refractivity contribution in [1.82, 2.24) is 14.9 Å². The molecule has 1 aromatic heterocycles. The smallest absolute Gasteiger partial charge is 0.410 e. The first kappa shape index (κ1) is 17.8. The average molecular weight is 341 g/mol. The molecule has 2 rings (SSSR count). The number of likely N-dealkylation sites (N-methyl/N-ethyl adjacent to an activating group) is 1. The van der Waals surface area contributed by atoms with Crippen LogP contribution in [0.5, 0.6) is 0 Å². The van der Waals surface area contributed by atoms with Crippen LogP contribution in [0.4, 0.5) is 10.6 Å². The summed E-state index contributed by atoms with van der Waals surface area (Å²) in [6.45, 7) is 7.08. The maximum absolute atomic E-state index is 12.4. The molecule has 6 nitrogen and oxygen atoms in total. The molecule has 1 aromatic rings. The van der Waals surface area contributed by atoms with Crippen LogP contribution < -0.4 is 4.90 Å². The molecule has 0 spiro atoms. The number of rotatable bonds is 3. The van der Waals surface area contributed by atoms with Crippen molar-refractivity contribution in [3.8, 4) is 0 Å². The first-order valence-corrected chi connectivity index (χ1v) is 8.33. The lowest BCUT2D eigenvalue weighted by molar-refractivity contribution is 0.0108. The first-order chi connectivity index (χ1) is 10.8. The van der Waals surface area contributed by atoms with Gasteiger partial charge in [0.1, 0.15) is 11.4 Å². The molecule has 1 atom stereocenters. The van der Waals surface area contributed by atoms with Crippen molar-refractivity contribution in [1.29, 1.82) is 0 Å². The van der Waals surface area contributed by atoms with Crippen LogP contribution in [0.3, 0.4) is 0 Å². The number of aromatic nitrogens is 2. The molecule has 0 aliphatic carbocycles. The Balaban J connectivity index is 2.05. The lowest BCUT2D eigenvalue weighted by Gasteiger charge is -2.38. The van der Waals surface area contributed by atoms with Crippen LogP contribution in [-0.4, -0.2) is 52.7 Å². The molecule has 0 saturated carbocycles. The lowest BCUT2D eigenvalue weighted by atomic mass is 10.0. The van der Waals surface area contributed by atoms with E-state index in [-0.39, 0.29) is 17.4 Å². The van der Waals surface area contributed by atoms with Crippen molar-refractivity contribution < 1.29 is 9.53 Å². The molecule has 128 valence electrons. The molecule has 1 aliphatic rings. The number of piperidine rings is 1. The number of hydrogen-bond donors (Lipinski definition) is 0. The Morgan fingerprint density at radius 3 is 2.87 bits per heavy atom. The quantitative estimate of drug-likeness (QED) is 0.790. The van der Waals surface area contributed by atoms with Crippen molar-refractivity contribution >= 4 is 23.5 Å². The molecular weight excluding hydrogens is 316 g/mol. The van der Waals surface area contributed by atoms with E-state index in [1.54, 1.807) is 6.20 Å². The van der Waals surface area contributed by atoms with Gasteiger partial charge in [-0.15, -0.1) is 0 Å². The number of ether oxygens (including phenoxy) is 1. The molecule has 0 radical (unpaired) electrons. The monoisotopic (exact) mass is 340 g/mol. The Bertz CT molecular complexity index is 547. The van der Waals surface area contributed by atoms with Crippen LogP contribution in [0.2, 0.25) is 5.28 Å². The summed E-state index contributed by atoms with van der Waals surface area (Å²) in [4.78, 5) is 24.4. The number of nitrogens with zero attached hydrogens (tertiary/aromatic N) is 4. The van der Waals surface area contributed by atoms with Gasteiger partial charge in [-0.2, -0.15) is 0 Å². The van der Waals surface area contributed by atoms with Gasteiger partial charge in [-0.25, -0.2) is 14.8 Å². The fourth-order valence-corrected chi connectivity index (χ4v) is 2.84. The molecule has 1 aliphatic heterocycles. The molecular formula is C16H25ClN4O2. The molecule has 7 heteroatoms. The highest BCUT2D eigenvalue weighted by atomic mass is 35.5. The molecule has 1 amide bonds. The molecule has 0 unspecified atom stereocenters. The van der Waals surface area contributed by atoms with Crippen LogP contribution in [0, 0.1) is 0 Å². The van der Waals surface area contributed by atoms with Crippen LogP contribution in [-0.2, 0) is 4.74 Å². The second kappa shape index (κ2) is 7.34. The van der Waals surface area contributed by atoms with E-state index in [9.17, 15) is 4.79 Å². The summed E-state index contributed by atoms with van der Waals surface area (Å²) < 4.78 is 5.54. The number of halogens is 1. The van der Waals surface area contributed by atoms with E-state index >= 15 is 0 Å². The van der Waals surface area contributed by atoms with Gasteiger partial charge in [-0.1, -0.05) is 0 Å². The second-order valence-corrected chi connectivity index (χ2v) is 7.23. The highest BCUT2D eigenvalue weighted by molar-refractivity contribution is 6.28. The summed E-state index contributed by atoms with van der Waals surface area (Å²) in [6.07, 6.45) is 4.48. The summed E-state index contributed by atoms with van der Waals surface area (Å²) in [5, 5.41) is 0.224. The Morgan fingerprint density at radius 2 is 2.22 bits per heavy atom. The van der Waals surface area contributed by atoms with Gasteiger partial charge in [0.25, 0.3) is 0 Å². The number of hydrogen-bond acceptors (Lipinski definition) is 5. The summed E-state index contributed by atoms with van der Waals surface area (Å²) in [5.41, 5.74) is -0.481. The maximum atomic E-state index is 12.4. The van der Waals surface area contributed by atoms with Gasteiger partial charge in [0.05, 0.1) is 6.04 Å². The highest BCUT2D eigenvalue weighted by Gasteiger charge is 2.31. The van der Waals surface area contributed by atoms with E-state index in [0.29, 0.717) is 6.54 Å². The average Bonchev–Trinajstić information content (AvgIpc) is 2.46. The maximum Gasteiger partial charge on any atom is 0.410 e. The van der Waals surface area contributed by atoms with Crippen molar-refractivity contribution in [3.63, 3.8) is 0 Å². The lowest BCUT2D eigenvalue weighted by Crippen LogP contribution is -2.50. The SMILES string of the molecule is CN(C[C@@H]1CCCCN1C(=O)OC(C)(C)C)c1ccnc(Cl)n1. The molecule has 23 heavy (non-hydrogen) atoms. The number of carbonyl (C=O) groups is 1.